The zero-order chi connectivity index (χ0) is 14.6. The summed E-state index contributed by atoms with van der Waals surface area (Å²) in [7, 11) is 1.61. The predicted molar refractivity (Wildman–Crippen MR) is 82.2 cm³/mol. The first-order valence-electron chi connectivity index (χ1n) is 6.52. The number of halogens is 1. The molecule has 1 aliphatic rings. The van der Waals surface area contributed by atoms with E-state index >= 15 is 0 Å². The first-order valence-corrected chi connectivity index (χ1v) is 6.90. The number of hydrogen-bond donors (Lipinski definition) is 0. The molecule has 0 spiro atoms. The number of aromatic nitrogens is 1. The molecular formula is C17H10ClNO2. The molecule has 0 radical (unpaired) electrons. The summed E-state index contributed by atoms with van der Waals surface area (Å²) in [4.78, 5) is 16.9. The van der Waals surface area contributed by atoms with Crippen LogP contribution in [0.5, 0.6) is 5.75 Å². The molecule has 4 heteroatoms. The molecule has 0 atom stereocenters. The van der Waals surface area contributed by atoms with Gasteiger partial charge in [-0.1, -0.05) is 29.8 Å². The van der Waals surface area contributed by atoms with Crippen molar-refractivity contribution < 1.29 is 9.53 Å². The van der Waals surface area contributed by atoms with Gasteiger partial charge in [-0.05, 0) is 29.8 Å². The maximum absolute atomic E-state index is 12.6. The summed E-state index contributed by atoms with van der Waals surface area (Å²) in [5.41, 5.74) is 3.62. The number of methoxy groups -OCH3 is 1. The van der Waals surface area contributed by atoms with Crippen molar-refractivity contribution in [3.05, 3.63) is 58.7 Å². The molecule has 102 valence electrons. The molecule has 1 aromatic heterocycles. The average molecular weight is 296 g/mol. The number of pyridine rings is 1. The van der Waals surface area contributed by atoms with E-state index in [4.69, 9.17) is 16.3 Å². The van der Waals surface area contributed by atoms with Gasteiger partial charge >= 0.3 is 0 Å². The Hall–Kier alpha value is -2.39. The van der Waals surface area contributed by atoms with E-state index in [-0.39, 0.29) is 10.9 Å². The summed E-state index contributed by atoms with van der Waals surface area (Å²) in [5.74, 6) is 0.636. The van der Waals surface area contributed by atoms with Crippen molar-refractivity contribution in [3.63, 3.8) is 0 Å². The molecule has 1 aliphatic carbocycles. The fourth-order valence-electron chi connectivity index (χ4n) is 2.86. The lowest BCUT2D eigenvalue weighted by Gasteiger charge is -2.07. The van der Waals surface area contributed by atoms with Crippen LogP contribution in [0, 0.1) is 0 Å². The first kappa shape index (κ1) is 12.4. The SMILES string of the molecule is COc1ccc2c(c1)-c1c(c(Cl)nc3ccccc13)C2=O. The van der Waals surface area contributed by atoms with Crippen LogP contribution >= 0.6 is 11.6 Å². The quantitative estimate of drug-likeness (QED) is 0.496. The summed E-state index contributed by atoms with van der Waals surface area (Å²) in [6.45, 7) is 0. The third-order valence-corrected chi connectivity index (χ3v) is 4.09. The second-order valence-electron chi connectivity index (χ2n) is 4.91. The smallest absolute Gasteiger partial charge is 0.197 e. The Morgan fingerprint density at radius 1 is 1.05 bits per heavy atom. The number of ether oxygens (including phenoxy) is 1. The summed E-state index contributed by atoms with van der Waals surface area (Å²) in [6, 6.07) is 13.1. The second-order valence-corrected chi connectivity index (χ2v) is 5.27. The van der Waals surface area contributed by atoms with Crippen molar-refractivity contribution in [1.29, 1.82) is 0 Å². The van der Waals surface area contributed by atoms with Gasteiger partial charge in [-0.2, -0.15) is 0 Å². The largest absolute Gasteiger partial charge is 0.497 e. The van der Waals surface area contributed by atoms with Gasteiger partial charge in [-0.3, -0.25) is 4.79 Å². The maximum atomic E-state index is 12.6. The number of carbonyl (C=O) groups is 1. The van der Waals surface area contributed by atoms with E-state index in [1.807, 2.05) is 30.3 Å². The van der Waals surface area contributed by atoms with Gasteiger partial charge in [0.25, 0.3) is 0 Å². The van der Waals surface area contributed by atoms with E-state index in [2.05, 4.69) is 4.98 Å². The van der Waals surface area contributed by atoms with Crippen LogP contribution in [0.15, 0.2) is 42.5 Å². The lowest BCUT2D eigenvalue weighted by Crippen LogP contribution is -1.98. The lowest BCUT2D eigenvalue weighted by atomic mass is 10.0. The zero-order valence-corrected chi connectivity index (χ0v) is 11.9. The Morgan fingerprint density at radius 3 is 2.67 bits per heavy atom. The summed E-state index contributed by atoms with van der Waals surface area (Å²) in [6.07, 6.45) is 0. The van der Waals surface area contributed by atoms with Gasteiger partial charge in [-0.25, -0.2) is 4.98 Å². The van der Waals surface area contributed by atoms with Crippen molar-refractivity contribution in [2.24, 2.45) is 0 Å². The zero-order valence-electron chi connectivity index (χ0n) is 11.2. The molecule has 0 bridgehead atoms. The van der Waals surface area contributed by atoms with Crippen LogP contribution < -0.4 is 4.74 Å². The van der Waals surface area contributed by atoms with Gasteiger partial charge in [0.2, 0.25) is 0 Å². The van der Waals surface area contributed by atoms with E-state index in [0.29, 0.717) is 16.9 Å². The van der Waals surface area contributed by atoms with Crippen LogP contribution in [-0.4, -0.2) is 17.9 Å². The van der Waals surface area contributed by atoms with Crippen molar-refractivity contribution in [2.45, 2.75) is 0 Å². The Bertz CT molecular complexity index is 918. The first-order chi connectivity index (χ1) is 10.2. The molecule has 2 aromatic carbocycles. The van der Waals surface area contributed by atoms with Crippen molar-refractivity contribution in [1.82, 2.24) is 4.98 Å². The molecule has 0 aliphatic heterocycles. The molecule has 3 aromatic rings. The Labute approximate surface area is 126 Å². The number of para-hydroxylation sites is 1. The normalized spacial score (nSPS) is 12.4. The second kappa shape index (κ2) is 4.30. The molecule has 0 N–H and O–H groups in total. The van der Waals surface area contributed by atoms with Gasteiger partial charge in [0.15, 0.2) is 5.78 Å². The van der Waals surface area contributed by atoms with E-state index < -0.39 is 0 Å². The van der Waals surface area contributed by atoms with Crippen LogP contribution in [0.2, 0.25) is 5.15 Å². The van der Waals surface area contributed by atoms with E-state index in [1.165, 1.54) is 0 Å². The highest BCUT2D eigenvalue weighted by atomic mass is 35.5. The third-order valence-electron chi connectivity index (χ3n) is 3.82. The fraction of sp³-hybridized carbons (Fsp3) is 0.0588. The summed E-state index contributed by atoms with van der Waals surface area (Å²) < 4.78 is 5.27. The highest BCUT2D eigenvalue weighted by Crippen LogP contribution is 2.44. The Morgan fingerprint density at radius 2 is 1.86 bits per heavy atom. The van der Waals surface area contributed by atoms with E-state index in [9.17, 15) is 4.79 Å². The van der Waals surface area contributed by atoms with Crippen LogP contribution in [0.4, 0.5) is 0 Å². The van der Waals surface area contributed by atoms with Crippen LogP contribution in [0.25, 0.3) is 22.0 Å². The molecule has 1 heterocycles. The van der Waals surface area contributed by atoms with E-state index in [1.54, 1.807) is 19.2 Å². The van der Waals surface area contributed by atoms with E-state index in [0.717, 1.165) is 22.0 Å². The number of hydrogen-bond acceptors (Lipinski definition) is 3. The van der Waals surface area contributed by atoms with Gasteiger partial charge < -0.3 is 4.74 Å². The number of nitrogens with zero attached hydrogens (tertiary/aromatic N) is 1. The lowest BCUT2D eigenvalue weighted by molar-refractivity contribution is 0.104. The molecular weight excluding hydrogens is 286 g/mol. The van der Waals surface area contributed by atoms with Crippen molar-refractivity contribution in [3.8, 4) is 16.9 Å². The van der Waals surface area contributed by atoms with Crippen LogP contribution in [0.3, 0.4) is 0 Å². The number of rotatable bonds is 1. The fourth-order valence-corrected chi connectivity index (χ4v) is 3.13. The highest BCUT2D eigenvalue weighted by Gasteiger charge is 2.31. The summed E-state index contributed by atoms with van der Waals surface area (Å²) in [5, 5.41) is 1.18. The molecule has 4 rings (SSSR count). The number of ketones is 1. The predicted octanol–water partition coefficient (Wildman–Crippen LogP) is 4.11. The molecule has 3 nitrogen and oxygen atoms in total. The third kappa shape index (κ3) is 1.61. The number of benzene rings is 2. The van der Waals surface area contributed by atoms with Gasteiger partial charge in [0.1, 0.15) is 10.9 Å². The maximum Gasteiger partial charge on any atom is 0.197 e. The number of fused-ring (bicyclic) bond motifs is 5. The number of carbonyl (C=O) groups excluding carboxylic acids is 1. The highest BCUT2D eigenvalue weighted by molar-refractivity contribution is 6.38. The standard InChI is InChI=1S/C17H10ClNO2/c1-21-9-6-7-10-12(8-9)14-11-4-2-3-5-13(11)19-17(18)15(14)16(10)20/h2-8H,1H3. The molecule has 0 amide bonds. The Kier molecular flexibility index (Phi) is 2.53. The molecule has 0 saturated heterocycles. The average Bonchev–Trinajstić information content (AvgIpc) is 2.81. The molecule has 21 heavy (non-hydrogen) atoms. The van der Waals surface area contributed by atoms with Crippen molar-refractivity contribution >= 4 is 28.3 Å². The van der Waals surface area contributed by atoms with Crippen molar-refractivity contribution in [2.75, 3.05) is 7.11 Å². The minimum absolute atomic E-state index is 0.0779. The topological polar surface area (TPSA) is 39.2 Å². The molecule has 0 saturated carbocycles. The monoisotopic (exact) mass is 295 g/mol. The molecule has 0 fully saturated rings. The minimum atomic E-state index is -0.0779. The van der Waals surface area contributed by atoms with Gasteiger partial charge in [-0.15, -0.1) is 0 Å². The molecule has 0 unspecified atom stereocenters. The van der Waals surface area contributed by atoms with Crippen LogP contribution in [-0.2, 0) is 0 Å². The van der Waals surface area contributed by atoms with Gasteiger partial charge in [0.05, 0.1) is 18.2 Å². The minimum Gasteiger partial charge on any atom is -0.497 e. The van der Waals surface area contributed by atoms with Gasteiger partial charge in [0, 0.05) is 16.5 Å². The Balaban J connectivity index is 2.18. The van der Waals surface area contributed by atoms with Crippen LogP contribution in [0.1, 0.15) is 15.9 Å². The summed E-state index contributed by atoms with van der Waals surface area (Å²) >= 11 is 6.24.